The Bertz CT molecular complexity index is 1410. The van der Waals surface area contributed by atoms with Crippen LogP contribution < -0.4 is 0 Å². The topological polar surface area (TPSA) is 54.5 Å². The maximum absolute atomic E-state index is 15.0. The van der Waals surface area contributed by atoms with Crippen molar-refractivity contribution in [3.63, 3.8) is 0 Å². The van der Waals surface area contributed by atoms with Gasteiger partial charge in [0.25, 0.3) is 0 Å². The number of amides is 2. The maximum atomic E-state index is 15.0. The molecule has 0 spiro atoms. The summed E-state index contributed by atoms with van der Waals surface area (Å²) in [6.07, 6.45) is 1.48. The highest BCUT2D eigenvalue weighted by atomic mass is 79.9. The third-order valence-electron chi connectivity index (χ3n) is 8.74. The van der Waals surface area contributed by atoms with Gasteiger partial charge in [-0.05, 0) is 67.7 Å². The number of rotatable bonds is 7. The molecule has 40 heavy (non-hydrogen) atoms. The Morgan fingerprint density at radius 2 is 1.45 bits per heavy atom. The Labute approximate surface area is 246 Å². The van der Waals surface area contributed by atoms with E-state index in [1.54, 1.807) is 0 Å². The average Bonchev–Trinajstić information content (AvgIpc) is 3.33. The Balaban J connectivity index is 1.71. The average molecular weight is 601 g/mol. The summed E-state index contributed by atoms with van der Waals surface area (Å²) in [5.74, 6) is -1.90. The number of hydrogen-bond donors (Lipinski definition) is 0. The summed E-state index contributed by atoms with van der Waals surface area (Å²) in [7, 11) is 0. The maximum Gasteiger partial charge on any atom is 0.237 e. The van der Waals surface area contributed by atoms with E-state index in [1.165, 1.54) is 4.90 Å². The minimum atomic E-state index is -1.17. The second-order valence-corrected chi connectivity index (χ2v) is 14.3. The Morgan fingerprint density at radius 1 is 0.875 bits per heavy atom. The van der Waals surface area contributed by atoms with E-state index in [-0.39, 0.29) is 28.9 Å². The summed E-state index contributed by atoms with van der Waals surface area (Å²) < 4.78 is 0.884. The predicted molar refractivity (Wildman–Crippen MR) is 162 cm³/mol. The predicted octanol–water partition coefficient (Wildman–Crippen LogP) is 7.86. The third-order valence-corrected chi connectivity index (χ3v) is 9.26. The largest absolute Gasteiger partial charge is 0.294 e. The molecule has 1 aliphatic heterocycles. The van der Waals surface area contributed by atoms with Gasteiger partial charge in [0.05, 0.1) is 11.3 Å². The lowest BCUT2D eigenvalue weighted by Crippen LogP contribution is -2.53. The van der Waals surface area contributed by atoms with E-state index in [1.807, 2.05) is 98.8 Å². The number of Topliss-reactive ketones (excluding diaryl/α,β-unsaturated/α-hetero) is 1. The second-order valence-electron chi connectivity index (χ2n) is 13.4. The van der Waals surface area contributed by atoms with Crippen molar-refractivity contribution in [2.75, 3.05) is 0 Å². The quantitative estimate of drug-likeness (QED) is 0.205. The molecule has 1 saturated heterocycles. The van der Waals surface area contributed by atoms with Crippen molar-refractivity contribution in [3.8, 4) is 0 Å². The van der Waals surface area contributed by atoms with Crippen molar-refractivity contribution in [1.82, 2.24) is 4.90 Å². The molecule has 2 amide bonds. The van der Waals surface area contributed by atoms with Crippen molar-refractivity contribution >= 4 is 33.5 Å². The molecular weight excluding hydrogens is 562 g/mol. The molecule has 1 heterocycles. The van der Waals surface area contributed by atoms with E-state index in [9.17, 15) is 14.4 Å². The number of hydrogen-bond acceptors (Lipinski definition) is 3. The molecular formula is C35H38BrNO3. The summed E-state index contributed by atoms with van der Waals surface area (Å²) in [5, 5.41) is 0. The van der Waals surface area contributed by atoms with Crippen LogP contribution in [0.15, 0.2) is 89.4 Å². The first-order valence-corrected chi connectivity index (χ1v) is 14.9. The summed E-state index contributed by atoms with van der Waals surface area (Å²) >= 11 is 3.48. The molecule has 3 aromatic rings. The molecule has 0 bridgehead atoms. The van der Waals surface area contributed by atoms with Crippen LogP contribution in [0.2, 0.25) is 0 Å². The molecule has 5 rings (SSSR count). The zero-order valence-electron chi connectivity index (χ0n) is 24.0. The fourth-order valence-electron chi connectivity index (χ4n) is 7.67. The molecule has 0 radical (unpaired) electrons. The molecule has 0 aromatic heterocycles. The third kappa shape index (κ3) is 4.98. The lowest BCUT2D eigenvalue weighted by atomic mass is 9.65. The Kier molecular flexibility index (Phi) is 7.41. The van der Waals surface area contributed by atoms with Gasteiger partial charge < -0.3 is 0 Å². The van der Waals surface area contributed by atoms with E-state index in [0.29, 0.717) is 24.8 Å². The van der Waals surface area contributed by atoms with Crippen LogP contribution in [0.4, 0.5) is 0 Å². The molecule has 2 fully saturated rings. The molecule has 0 unspecified atom stereocenters. The monoisotopic (exact) mass is 599 g/mol. The van der Waals surface area contributed by atoms with Gasteiger partial charge in [-0.25, -0.2) is 0 Å². The highest BCUT2D eigenvalue weighted by Gasteiger charge is 2.71. The number of halogens is 1. The lowest BCUT2D eigenvalue weighted by Gasteiger charge is -2.41. The second kappa shape index (κ2) is 10.4. The van der Waals surface area contributed by atoms with Crippen molar-refractivity contribution in [2.24, 2.45) is 22.7 Å². The number of carbonyl (C=O) groups is 3. The Morgan fingerprint density at radius 3 is 2.02 bits per heavy atom. The number of ketones is 1. The number of carbonyl (C=O) groups excluding carboxylic acids is 3. The number of imide groups is 1. The van der Waals surface area contributed by atoms with Crippen LogP contribution in [-0.4, -0.2) is 28.0 Å². The first kappa shape index (κ1) is 28.5. The minimum absolute atomic E-state index is 0.0728. The normalized spacial score (nSPS) is 24.9. The van der Waals surface area contributed by atoms with E-state index < -0.39 is 22.8 Å². The van der Waals surface area contributed by atoms with Gasteiger partial charge in [-0.3, -0.25) is 19.3 Å². The first-order chi connectivity index (χ1) is 18.8. The van der Waals surface area contributed by atoms with Gasteiger partial charge in [-0.15, -0.1) is 0 Å². The molecule has 4 nitrogen and oxygen atoms in total. The molecule has 2 aliphatic rings. The van der Waals surface area contributed by atoms with Crippen molar-refractivity contribution < 1.29 is 14.4 Å². The summed E-state index contributed by atoms with van der Waals surface area (Å²) in [6, 6.07) is 27.2. The van der Waals surface area contributed by atoms with Crippen molar-refractivity contribution in [2.45, 2.75) is 65.3 Å². The molecule has 208 valence electrons. The summed E-state index contributed by atoms with van der Waals surface area (Å²) in [6.45, 7) is 10.4. The number of likely N-dealkylation sites (tertiary alicyclic amines) is 1. The van der Waals surface area contributed by atoms with Crippen LogP contribution in [0, 0.1) is 22.7 Å². The van der Waals surface area contributed by atoms with E-state index in [2.05, 4.69) is 36.7 Å². The van der Waals surface area contributed by atoms with Crippen LogP contribution in [-0.2, 0) is 16.0 Å². The van der Waals surface area contributed by atoms with Gasteiger partial charge in [-0.2, -0.15) is 0 Å². The fraction of sp³-hybridized carbons (Fsp3) is 0.400. The van der Waals surface area contributed by atoms with Gasteiger partial charge in [0.1, 0.15) is 0 Å². The SMILES string of the molecule is CC(C)(C)CC(C)(C)N1C(=O)[C@H]2C[C@H](c3ccccc3)[C@@H](C(=O)c3ccc(Br)cc3)[C@@]2(Cc2ccccc2)C1=O. The smallest absolute Gasteiger partial charge is 0.237 e. The molecule has 0 N–H and O–H groups in total. The lowest BCUT2D eigenvalue weighted by molar-refractivity contribution is -0.150. The van der Waals surface area contributed by atoms with Gasteiger partial charge in [-0.1, -0.05) is 109 Å². The fourth-order valence-corrected chi connectivity index (χ4v) is 7.94. The zero-order chi connectivity index (χ0) is 28.9. The van der Waals surface area contributed by atoms with Crippen LogP contribution in [0.5, 0.6) is 0 Å². The molecule has 1 aliphatic carbocycles. The van der Waals surface area contributed by atoms with Crippen LogP contribution in [0.3, 0.4) is 0 Å². The minimum Gasteiger partial charge on any atom is -0.294 e. The number of benzene rings is 3. The Hall–Kier alpha value is -3.05. The van der Waals surface area contributed by atoms with E-state index in [4.69, 9.17) is 0 Å². The number of fused-ring (bicyclic) bond motifs is 1. The van der Waals surface area contributed by atoms with Gasteiger partial charge in [0.2, 0.25) is 11.8 Å². The van der Waals surface area contributed by atoms with Crippen molar-refractivity contribution in [3.05, 3.63) is 106 Å². The molecule has 5 heteroatoms. The zero-order valence-corrected chi connectivity index (χ0v) is 25.6. The van der Waals surface area contributed by atoms with Crippen LogP contribution in [0.1, 0.15) is 74.9 Å². The standard InChI is InChI=1S/C35H38BrNO3/c1-33(2,3)22-34(4,5)37-31(39)28-20-27(24-14-10-7-11-15-24)29(30(38)25-16-18-26(36)19-17-25)35(28,32(37)40)21-23-12-8-6-9-13-23/h6-19,27-29H,20-22H2,1-5H3/t27-,28-,29+,35+/m1/s1. The highest BCUT2D eigenvalue weighted by Crippen LogP contribution is 2.63. The highest BCUT2D eigenvalue weighted by molar-refractivity contribution is 9.10. The molecule has 4 atom stereocenters. The summed E-state index contributed by atoms with van der Waals surface area (Å²) in [4.78, 5) is 45.6. The van der Waals surface area contributed by atoms with E-state index in [0.717, 1.165) is 15.6 Å². The van der Waals surface area contributed by atoms with E-state index >= 15 is 0 Å². The van der Waals surface area contributed by atoms with Crippen molar-refractivity contribution in [1.29, 1.82) is 0 Å². The van der Waals surface area contributed by atoms with Gasteiger partial charge in [0.15, 0.2) is 5.78 Å². The number of nitrogens with zero attached hydrogens (tertiary/aromatic N) is 1. The van der Waals surface area contributed by atoms with Gasteiger partial charge >= 0.3 is 0 Å². The first-order valence-electron chi connectivity index (χ1n) is 14.1. The molecule has 1 saturated carbocycles. The van der Waals surface area contributed by atoms with Crippen LogP contribution >= 0.6 is 15.9 Å². The summed E-state index contributed by atoms with van der Waals surface area (Å²) in [5.41, 5.74) is 0.585. The molecule has 3 aromatic carbocycles. The van der Waals surface area contributed by atoms with Gasteiger partial charge in [0, 0.05) is 21.5 Å². The van der Waals surface area contributed by atoms with Crippen LogP contribution in [0.25, 0.3) is 0 Å².